The molecule has 0 radical (unpaired) electrons. The summed E-state index contributed by atoms with van der Waals surface area (Å²) in [5.74, 6) is -1.57. The first-order chi connectivity index (χ1) is 23.3. The van der Waals surface area contributed by atoms with Crippen LogP contribution in [0.5, 0.6) is 0 Å². The van der Waals surface area contributed by atoms with Crippen LogP contribution in [0.1, 0.15) is 42.9 Å². The van der Waals surface area contributed by atoms with Gasteiger partial charge in [0.2, 0.25) is 0 Å². The molecule has 0 bridgehead atoms. The fourth-order valence-electron chi connectivity index (χ4n) is 5.73. The van der Waals surface area contributed by atoms with E-state index in [0.29, 0.717) is 26.4 Å². The molecule has 0 heterocycles. The molecule has 1 aliphatic carbocycles. The summed E-state index contributed by atoms with van der Waals surface area (Å²) >= 11 is 0. The van der Waals surface area contributed by atoms with E-state index in [2.05, 4.69) is 22.8 Å². The minimum Gasteiger partial charge on any atom is -0.462 e. The van der Waals surface area contributed by atoms with Crippen LogP contribution in [0, 0.1) is 5.92 Å². The standard InChI is InChI=1S/C37H47N3O8/c1-25(2)22-33(36(43)47-21-20-46-19-18-45-17-16-38)39-35(42)34(41)32(23-26-10-4-3-5-11-26)40-37(44)48-24-31-29-14-8-6-12-27(29)28-13-7-9-15-30(28)31/h3-15,25,31-34,41H,16-24,38H2,1-2H3,(H,39,42)(H,40,44)/t32?,33-,34+/m1/s1. The van der Waals surface area contributed by atoms with Crippen LogP contribution in [0.4, 0.5) is 4.79 Å². The van der Waals surface area contributed by atoms with Crippen molar-refractivity contribution < 1.29 is 38.4 Å². The molecule has 3 aromatic carbocycles. The molecule has 48 heavy (non-hydrogen) atoms. The van der Waals surface area contributed by atoms with Gasteiger partial charge >= 0.3 is 12.1 Å². The van der Waals surface area contributed by atoms with Gasteiger partial charge in [-0.3, -0.25) is 4.79 Å². The minimum atomic E-state index is -1.69. The van der Waals surface area contributed by atoms with E-state index in [9.17, 15) is 19.5 Å². The first-order valence-corrected chi connectivity index (χ1v) is 16.4. The predicted octanol–water partition coefficient (Wildman–Crippen LogP) is 3.56. The summed E-state index contributed by atoms with van der Waals surface area (Å²) in [6, 6.07) is 23.2. The summed E-state index contributed by atoms with van der Waals surface area (Å²) in [5, 5.41) is 16.6. The second kappa shape index (κ2) is 18.9. The van der Waals surface area contributed by atoms with Crippen LogP contribution < -0.4 is 16.4 Å². The molecule has 11 nitrogen and oxygen atoms in total. The number of alkyl carbamates (subject to hydrolysis) is 1. The van der Waals surface area contributed by atoms with Crippen molar-refractivity contribution in [3.8, 4) is 11.1 Å². The van der Waals surface area contributed by atoms with Crippen molar-refractivity contribution in [1.82, 2.24) is 10.6 Å². The van der Waals surface area contributed by atoms with E-state index in [4.69, 9.17) is 24.7 Å². The van der Waals surface area contributed by atoms with E-state index >= 15 is 0 Å². The van der Waals surface area contributed by atoms with Gasteiger partial charge in [0.1, 0.15) is 19.3 Å². The maximum atomic E-state index is 13.4. The van der Waals surface area contributed by atoms with Gasteiger partial charge in [-0.15, -0.1) is 0 Å². The number of ether oxygens (including phenoxy) is 4. The molecule has 0 spiro atoms. The van der Waals surface area contributed by atoms with E-state index in [-0.39, 0.29) is 44.5 Å². The lowest BCUT2D eigenvalue weighted by molar-refractivity contribution is -0.151. The molecule has 0 saturated heterocycles. The van der Waals surface area contributed by atoms with Gasteiger partial charge in [0.15, 0.2) is 6.10 Å². The molecule has 2 amide bonds. The molecular formula is C37H47N3O8. The third-order valence-corrected chi connectivity index (χ3v) is 8.01. The SMILES string of the molecule is CC(C)C[C@@H](NC(=O)[C@@H](O)C(Cc1ccccc1)NC(=O)OCC1c2ccccc2-c2ccccc21)C(=O)OCCOCCOCCN. The van der Waals surface area contributed by atoms with Crippen molar-refractivity contribution in [1.29, 1.82) is 0 Å². The molecule has 4 rings (SSSR count). The van der Waals surface area contributed by atoms with Crippen molar-refractivity contribution in [3.63, 3.8) is 0 Å². The zero-order valence-corrected chi connectivity index (χ0v) is 27.6. The number of carbonyl (C=O) groups is 3. The molecule has 1 aliphatic rings. The Hall–Kier alpha value is -4.29. The van der Waals surface area contributed by atoms with E-state index in [1.54, 1.807) is 0 Å². The van der Waals surface area contributed by atoms with Gasteiger partial charge in [0.25, 0.3) is 5.91 Å². The van der Waals surface area contributed by atoms with Crippen LogP contribution in [0.2, 0.25) is 0 Å². The lowest BCUT2D eigenvalue weighted by Gasteiger charge is -2.26. The highest BCUT2D eigenvalue weighted by atomic mass is 16.6. The number of amides is 2. The molecule has 1 unspecified atom stereocenters. The molecule has 5 N–H and O–H groups in total. The Bertz CT molecular complexity index is 1420. The molecule has 3 atom stereocenters. The Morgan fingerprint density at radius 1 is 0.771 bits per heavy atom. The zero-order chi connectivity index (χ0) is 34.3. The van der Waals surface area contributed by atoms with E-state index in [0.717, 1.165) is 27.8 Å². The first-order valence-electron chi connectivity index (χ1n) is 16.4. The quantitative estimate of drug-likeness (QED) is 0.111. The Labute approximate surface area is 282 Å². The normalized spacial score (nSPS) is 14.0. The largest absolute Gasteiger partial charge is 0.462 e. The molecule has 0 aromatic heterocycles. The number of carbonyl (C=O) groups excluding carboxylic acids is 3. The Morgan fingerprint density at radius 2 is 1.35 bits per heavy atom. The second-order valence-corrected chi connectivity index (χ2v) is 12.1. The smallest absolute Gasteiger partial charge is 0.407 e. The molecular weight excluding hydrogens is 614 g/mol. The molecule has 3 aromatic rings. The number of esters is 1. The van der Waals surface area contributed by atoms with Crippen LogP contribution in [-0.4, -0.2) is 87.4 Å². The van der Waals surface area contributed by atoms with Crippen molar-refractivity contribution in [3.05, 3.63) is 95.6 Å². The summed E-state index contributed by atoms with van der Waals surface area (Å²) in [7, 11) is 0. The Balaban J connectivity index is 1.37. The first kappa shape index (κ1) is 36.5. The van der Waals surface area contributed by atoms with Crippen LogP contribution in [0.3, 0.4) is 0 Å². The number of hydrogen-bond acceptors (Lipinski definition) is 9. The van der Waals surface area contributed by atoms with E-state index in [1.165, 1.54) is 0 Å². The highest BCUT2D eigenvalue weighted by Gasteiger charge is 2.33. The van der Waals surface area contributed by atoms with Gasteiger partial charge < -0.3 is 40.4 Å². The van der Waals surface area contributed by atoms with Gasteiger partial charge in [-0.25, -0.2) is 9.59 Å². The van der Waals surface area contributed by atoms with Crippen LogP contribution in [0.25, 0.3) is 11.1 Å². The average molecular weight is 662 g/mol. The van der Waals surface area contributed by atoms with Crippen molar-refractivity contribution in [2.45, 2.75) is 50.8 Å². The molecule has 11 heteroatoms. The average Bonchev–Trinajstić information content (AvgIpc) is 3.41. The topological polar surface area (TPSA) is 158 Å². The van der Waals surface area contributed by atoms with Gasteiger partial charge in [-0.1, -0.05) is 92.7 Å². The summed E-state index contributed by atoms with van der Waals surface area (Å²) in [6.45, 7) is 5.61. The van der Waals surface area contributed by atoms with Gasteiger partial charge in [-0.2, -0.15) is 0 Å². The van der Waals surface area contributed by atoms with E-state index in [1.807, 2.05) is 80.6 Å². The van der Waals surface area contributed by atoms with Crippen LogP contribution in [-0.2, 0) is 35.0 Å². The van der Waals surface area contributed by atoms with Gasteiger partial charge in [0.05, 0.1) is 32.5 Å². The van der Waals surface area contributed by atoms with Crippen LogP contribution in [0.15, 0.2) is 78.9 Å². The molecule has 0 fully saturated rings. The lowest BCUT2D eigenvalue weighted by Crippen LogP contribution is -2.55. The van der Waals surface area contributed by atoms with Gasteiger partial charge in [-0.05, 0) is 46.6 Å². The summed E-state index contributed by atoms with van der Waals surface area (Å²) in [4.78, 5) is 39.5. The number of rotatable bonds is 19. The third-order valence-electron chi connectivity index (χ3n) is 8.01. The monoisotopic (exact) mass is 661 g/mol. The summed E-state index contributed by atoms with van der Waals surface area (Å²) in [6.07, 6.45) is -2.03. The maximum Gasteiger partial charge on any atom is 0.407 e. The number of nitrogens with one attached hydrogen (secondary N) is 2. The number of fused-ring (bicyclic) bond motifs is 3. The molecule has 0 aliphatic heterocycles. The maximum absolute atomic E-state index is 13.4. The number of benzene rings is 3. The number of nitrogens with two attached hydrogens (primary N) is 1. The zero-order valence-electron chi connectivity index (χ0n) is 27.6. The Morgan fingerprint density at radius 3 is 1.98 bits per heavy atom. The fraction of sp³-hybridized carbons (Fsp3) is 0.432. The number of aliphatic hydroxyl groups excluding tert-OH is 1. The second-order valence-electron chi connectivity index (χ2n) is 12.1. The number of hydrogen-bond donors (Lipinski definition) is 4. The lowest BCUT2D eigenvalue weighted by atomic mass is 9.98. The van der Waals surface area contributed by atoms with E-state index < -0.39 is 36.2 Å². The molecule has 258 valence electrons. The highest BCUT2D eigenvalue weighted by Crippen LogP contribution is 2.44. The van der Waals surface area contributed by atoms with Crippen LogP contribution >= 0.6 is 0 Å². The summed E-state index contributed by atoms with van der Waals surface area (Å²) < 4.78 is 21.7. The predicted molar refractivity (Wildman–Crippen MR) is 181 cm³/mol. The molecule has 0 saturated carbocycles. The van der Waals surface area contributed by atoms with Crippen molar-refractivity contribution >= 4 is 18.0 Å². The van der Waals surface area contributed by atoms with Crippen molar-refractivity contribution in [2.24, 2.45) is 11.7 Å². The van der Waals surface area contributed by atoms with Crippen molar-refractivity contribution in [2.75, 3.05) is 46.2 Å². The fourth-order valence-corrected chi connectivity index (χ4v) is 5.73. The number of aliphatic hydroxyl groups is 1. The Kier molecular flexibility index (Phi) is 14.4. The van der Waals surface area contributed by atoms with Gasteiger partial charge in [0, 0.05) is 12.5 Å². The summed E-state index contributed by atoms with van der Waals surface area (Å²) in [5.41, 5.74) is 10.5. The minimum absolute atomic E-state index is 0.0112. The highest BCUT2D eigenvalue weighted by molar-refractivity contribution is 5.88. The third kappa shape index (κ3) is 10.6.